The van der Waals surface area contributed by atoms with E-state index in [9.17, 15) is 5.11 Å². The number of nitrogens with zero attached hydrogens (tertiary/aromatic N) is 2. The van der Waals surface area contributed by atoms with Crippen LogP contribution in [-0.2, 0) is 6.42 Å². The average molecular weight is 265 g/mol. The Hall–Kier alpha value is -2.62. The van der Waals surface area contributed by atoms with Gasteiger partial charge in [0, 0.05) is 5.39 Å². The molecule has 0 unspecified atom stereocenters. The first kappa shape index (κ1) is 12.4. The molecular weight excluding hydrogens is 250 g/mol. The van der Waals surface area contributed by atoms with Crippen LogP contribution in [0, 0.1) is 0 Å². The highest BCUT2D eigenvalue weighted by Gasteiger charge is 2.09. The number of fused-ring (bicyclic) bond motifs is 1. The Morgan fingerprint density at radius 3 is 2.50 bits per heavy atom. The van der Waals surface area contributed by atoms with Gasteiger partial charge in [0.2, 0.25) is 5.88 Å². The molecular formula is C16H15N3O. The van der Waals surface area contributed by atoms with Crippen LogP contribution in [0.5, 0.6) is 5.88 Å². The van der Waals surface area contributed by atoms with Gasteiger partial charge in [-0.15, -0.1) is 5.11 Å². The van der Waals surface area contributed by atoms with Gasteiger partial charge in [0.1, 0.15) is 0 Å². The molecule has 0 saturated heterocycles. The minimum absolute atomic E-state index is 0.0418. The van der Waals surface area contributed by atoms with Crippen LogP contribution in [0.1, 0.15) is 12.5 Å². The Balaban J connectivity index is 1.95. The van der Waals surface area contributed by atoms with Gasteiger partial charge >= 0.3 is 0 Å². The molecule has 1 heterocycles. The summed E-state index contributed by atoms with van der Waals surface area (Å²) >= 11 is 0. The van der Waals surface area contributed by atoms with E-state index in [0.717, 1.165) is 23.0 Å². The maximum atomic E-state index is 9.89. The van der Waals surface area contributed by atoms with Crippen LogP contribution in [0.25, 0.3) is 10.9 Å². The molecule has 3 rings (SSSR count). The van der Waals surface area contributed by atoms with Crippen molar-refractivity contribution >= 4 is 22.3 Å². The van der Waals surface area contributed by atoms with E-state index in [1.54, 1.807) is 0 Å². The van der Waals surface area contributed by atoms with Gasteiger partial charge in [0.15, 0.2) is 5.69 Å². The van der Waals surface area contributed by atoms with Crippen LogP contribution in [0.3, 0.4) is 0 Å². The van der Waals surface area contributed by atoms with E-state index in [4.69, 9.17) is 0 Å². The van der Waals surface area contributed by atoms with Crippen molar-refractivity contribution < 1.29 is 5.11 Å². The lowest BCUT2D eigenvalue weighted by molar-refractivity contribution is 0.459. The van der Waals surface area contributed by atoms with E-state index in [0.29, 0.717) is 5.69 Å². The quantitative estimate of drug-likeness (QED) is 0.653. The zero-order chi connectivity index (χ0) is 13.9. The summed E-state index contributed by atoms with van der Waals surface area (Å²) in [7, 11) is 0. The van der Waals surface area contributed by atoms with E-state index in [-0.39, 0.29) is 5.88 Å². The van der Waals surface area contributed by atoms with E-state index in [2.05, 4.69) is 22.1 Å². The topological polar surface area (TPSA) is 60.7 Å². The predicted octanol–water partition coefficient (Wildman–Crippen LogP) is 4.85. The van der Waals surface area contributed by atoms with E-state index < -0.39 is 0 Å². The molecule has 0 radical (unpaired) electrons. The number of aromatic hydroxyl groups is 1. The summed E-state index contributed by atoms with van der Waals surface area (Å²) in [6, 6.07) is 15.5. The number of H-pyrrole nitrogens is 1. The number of aromatic amines is 1. The first-order valence-corrected chi connectivity index (χ1v) is 6.58. The monoisotopic (exact) mass is 265 g/mol. The number of hydrogen-bond acceptors (Lipinski definition) is 3. The van der Waals surface area contributed by atoms with Gasteiger partial charge in [-0.1, -0.05) is 37.3 Å². The minimum atomic E-state index is 0.0418. The Kier molecular flexibility index (Phi) is 3.21. The van der Waals surface area contributed by atoms with Crippen LogP contribution in [-0.4, -0.2) is 10.1 Å². The molecule has 0 saturated carbocycles. The number of rotatable bonds is 3. The molecule has 0 spiro atoms. The Bertz CT molecular complexity index is 757. The third-order valence-electron chi connectivity index (χ3n) is 3.27. The van der Waals surface area contributed by atoms with Gasteiger partial charge in [-0.3, -0.25) is 0 Å². The Labute approximate surface area is 116 Å². The van der Waals surface area contributed by atoms with Crippen LogP contribution >= 0.6 is 0 Å². The maximum absolute atomic E-state index is 9.89. The SMILES string of the molecule is CCc1ccc(N=Nc2c(O)[nH]c3ccccc23)cc1. The fourth-order valence-electron chi connectivity index (χ4n) is 2.12. The van der Waals surface area contributed by atoms with Gasteiger partial charge in [-0.2, -0.15) is 5.11 Å². The highest BCUT2D eigenvalue weighted by atomic mass is 16.3. The Morgan fingerprint density at radius 2 is 1.75 bits per heavy atom. The molecule has 2 aromatic carbocycles. The molecule has 0 atom stereocenters. The summed E-state index contributed by atoms with van der Waals surface area (Å²) in [5.74, 6) is 0.0418. The van der Waals surface area contributed by atoms with E-state index in [1.807, 2.05) is 48.5 Å². The molecule has 0 aliphatic carbocycles. The fraction of sp³-hybridized carbons (Fsp3) is 0.125. The van der Waals surface area contributed by atoms with Crippen molar-refractivity contribution in [2.75, 3.05) is 0 Å². The molecule has 3 aromatic rings. The van der Waals surface area contributed by atoms with Crippen LogP contribution < -0.4 is 0 Å². The molecule has 0 amide bonds. The number of aromatic nitrogens is 1. The van der Waals surface area contributed by atoms with Crippen molar-refractivity contribution in [3.63, 3.8) is 0 Å². The van der Waals surface area contributed by atoms with Gasteiger partial charge in [-0.25, -0.2) is 0 Å². The van der Waals surface area contributed by atoms with E-state index >= 15 is 0 Å². The predicted molar refractivity (Wildman–Crippen MR) is 80.0 cm³/mol. The average Bonchev–Trinajstić information content (AvgIpc) is 2.81. The van der Waals surface area contributed by atoms with Gasteiger partial charge in [0.05, 0.1) is 11.2 Å². The van der Waals surface area contributed by atoms with Crippen molar-refractivity contribution in [1.82, 2.24) is 4.98 Å². The summed E-state index contributed by atoms with van der Waals surface area (Å²) in [4.78, 5) is 2.88. The van der Waals surface area contributed by atoms with Crippen molar-refractivity contribution in [2.45, 2.75) is 13.3 Å². The standard InChI is InChI=1S/C16H15N3O/c1-2-11-7-9-12(10-8-11)18-19-15-13-5-3-4-6-14(13)17-16(15)20/h3-10,17,20H,2H2,1H3. The molecule has 4 heteroatoms. The number of hydrogen-bond donors (Lipinski definition) is 2. The van der Waals surface area contributed by atoms with Crippen LogP contribution in [0.4, 0.5) is 11.4 Å². The van der Waals surface area contributed by atoms with Gasteiger partial charge in [-0.05, 0) is 30.2 Å². The number of benzene rings is 2. The van der Waals surface area contributed by atoms with Crippen molar-refractivity contribution in [3.05, 3.63) is 54.1 Å². The molecule has 2 N–H and O–H groups in total. The van der Waals surface area contributed by atoms with Crippen LogP contribution in [0.2, 0.25) is 0 Å². The summed E-state index contributed by atoms with van der Waals surface area (Å²) in [5, 5.41) is 19.1. The molecule has 4 nitrogen and oxygen atoms in total. The lowest BCUT2D eigenvalue weighted by atomic mass is 10.2. The van der Waals surface area contributed by atoms with Crippen molar-refractivity contribution in [1.29, 1.82) is 0 Å². The third kappa shape index (κ3) is 2.28. The molecule has 0 fully saturated rings. The number of aryl methyl sites for hydroxylation is 1. The lowest BCUT2D eigenvalue weighted by Crippen LogP contribution is -1.75. The van der Waals surface area contributed by atoms with E-state index in [1.165, 1.54) is 5.56 Å². The lowest BCUT2D eigenvalue weighted by Gasteiger charge is -1.96. The highest BCUT2D eigenvalue weighted by Crippen LogP contribution is 2.35. The zero-order valence-corrected chi connectivity index (χ0v) is 11.2. The van der Waals surface area contributed by atoms with Crippen LogP contribution in [0.15, 0.2) is 58.8 Å². The number of nitrogens with one attached hydrogen (secondary N) is 1. The van der Waals surface area contributed by atoms with Crippen molar-refractivity contribution in [3.8, 4) is 5.88 Å². The first-order chi connectivity index (χ1) is 9.78. The summed E-state index contributed by atoms with van der Waals surface area (Å²) in [6.45, 7) is 2.11. The second-order valence-electron chi connectivity index (χ2n) is 4.59. The zero-order valence-electron chi connectivity index (χ0n) is 11.2. The smallest absolute Gasteiger partial charge is 0.218 e. The normalized spacial score (nSPS) is 11.4. The molecule has 100 valence electrons. The largest absolute Gasteiger partial charge is 0.493 e. The maximum Gasteiger partial charge on any atom is 0.218 e. The fourth-order valence-corrected chi connectivity index (χ4v) is 2.12. The number of azo groups is 1. The molecule has 1 aromatic heterocycles. The molecule has 0 aliphatic heterocycles. The van der Waals surface area contributed by atoms with Crippen molar-refractivity contribution in [2.24, 2.45) is 10.2 Å². The molecule has 0 bridgehead atoms. The Morgan fingerprint density at radius 1 is 1.00 bits per heavy atom. The highest BCUT2D eigenvalue weighted by molar-refractivity contribution is 5.94. The second-order valence-corrected chi connectivity index (χ2v) is 4.59. The molecule has 20 heavy (non-hydrogen) atoms. The minimum Gasteiger partial charge on any atom is -0.493 e. The number of para-hydroxylation sites is 1. The molecule has 0 aliphatic rings. The van der Waals surface area contributed by atoms with Gasteiger partial charge < -0.3 is 10.1 Å². The first-order valence-electron chi connectivity index (χ1n) is 6.58. The summed E-state index contributed by atoms with van der Waals surface area (Å²) in [6.07, 6.45) is 1.00. The second kappa shape index (κ2) is 5.17. The third-order valence-corrected chi connectivity index (χ3v) is 3.27. The summed E-state index contributed by atoms with van der Waals surface area (Å²) < 4.78 is 0. The summed E-state index contributed by atoms with van der Waals surface area (Å²) in [5.41, 5.74) is 3.35. The van der Waals surface area contributed by atoms with Gasteiger partial charge in [0.25, 0.3) is 0 Å².